The molecule has 0 aliphatic carbocycles. The quantitative estimate of drug-likeness (QED) is 0.667. The van der Waals surface area contributed by atoms with Gasteiger partial charge in [-0.1, -0.05) is 18.2 Å². The lowest BCUT2D eigenvalue weighted by molar-refractivity contribution is -0.123. The fourth-order valence-corrected chi connectivity index (χ4v) is 4.88. The van der Waals surface area contributed by atoms with Crippen molar-refractivity contribution in [1.82, 2.24) is 14.2 Å². The number of rotatable bonds is 7. The van der Waals surface area contributed by atoms with E-state index in [0.29, 0.717) is 32.7 Å². The van der Waals surface area contributed by atoms with Crippen molar-refractivity contribution in [2.45, 2.75) is 24.3 Å². The molecule has 0 saturated carbocycles. The maximum Gasteiger partial charge on any atom is 0.244 e. The fraction of sp³-hybridized carbons (Fsp3) is 0.381. The Hall–Kier alpha value is -2.80. The van der Waals surface area contributed by atoms with E-state index in [9.17, 15) is 13.2 Å². The molecule has 0 N–H and O–H groups in total. The number of hydrogen-bond donors (Lipinski definition) is 0. The number of amides is 1. The van der Waals surface area contributed by atoms with Crippen molar-refractivity contribution in [3.8, 4) is 6.07 Å². The predicted molar refractivity (Wildman–Crippen MR) is 113 cm³/mol. The van der Waals surface area contributed by atoms with Gasteiger partial charge in [0.2, 0.25) is 15.9 Å². The molecule has 1 saturated heterocycles. The average molecular weight is 428 g/mol. The second kappa shape index (κ2) is 9.80. The summed E-state index contributed by atoms with van der Waals surface area (Å²) in [5, 5.41) is 8.97. The van der Waals surface area contributed by atoms with Gasteiger partial charge in [-0.2, -0.15) is 9.57 Å². The molecule has 0 radical (unpaired) electrons. The maximum absolute atomic E-state index is 13.2. The van der Waals surface area contributed by atoms with E-state index in [2.05, 4.69) is 11.1 Å². The van der Waals surface area contributed by atoms with Crippen LogP contribution < -0.4 is 4.90 Å². The topological polar surface area (TPSA) is 97.6 Å². The molecular formula is C21H25N5O3S. The van der Waals surface area contributed by atoms with Crippen molar-refractivity contribution in [3.63, 3.8) is 0 Å². The molecule has 2 heterocycles. The first kappa shape index (κ1) is 21.9. The molecular weight excluding hydrogens is 402 g/mol. The number of nitrogens with zero attached hydrogens (tertiary/aromatic N) is 5. The summed E-state index contributed by atoms with van der Waals surface area (Å²) in [6, 6.07) is 14.1. The number of aromatic nitrogens is 1. The van der Waals surface area contributed by atoms with E-state index in [-0.39, 0.29) is 17.2 Å². The predicted octanol–water partition coefficient (Wildman–Crippen LogP) is 1.72. The molecule has 9 heteroatoms. The number of pyridine rings is 1. The number of benzene rings is 1. The molecule has 0 spiro atoms. The van der Waals surface area contributed by atoms with Gasteiger partial charge in [0.05, 0.1) is 18.5 Å². The van der Waals surface area contributed by atoms with E-state index in [1.165, 1.54) is 22.8 Å². The zero-order chi connectivity index (χ0) is 21.6. The Balaban J connectivity index is 1.67. The number of piperazine rings is 1. The van der Waals surface area contributed by atoms with E-state index < -0.39 is 16.1 Å². The van der Waals surface area contributed by atoms with E-state index in [4.69, 9.17) is 5.26 Å². The van der Waals surface area contributed by atoms with Crippen molar-refractivity contribution < 1.29 is 13.2 Å². The minimum atomic E-state index is -3.59. The Morgan fingerprint density at radius 2 is 1.87 bits per heavy atom. The third-order valence-corrected chi connectivity index (χ3v) is 7.11. The van der Waals surface area contributed by atoms with Crippen LogP contribution >= 0.6 is 0 Å². The van der Waals surface area contributed by atoms with Gasteiger partial charge in [-0.15, -0.1) is 0 Å². The molecule has 1 aromatic heterocycles. The van der Waals surface area contributed by atoms with Crippen LogP contribution in [-0.4, -0.2) is 67.3 Å². The van der Waals surface area contributed by atoms with Crippen molar-refractivity contribution in [2.75, 3.05) is 37.6 Å². The van der Waals surface area contributed by atoms with Gasteiger partial charge in [-0.05, 0) is 31.2 Å². The van der Waals surface area contributed by atoms with Crippen LogP contribution in [0.3, 0.4) is 0 Å². The highest BCUT2D eigenvalue weighted by Crippen LogP contribution is 2.20. The van der Waals surface area contributed by atoms with Gasteiger partial charge >= 0.3 is 0 Å². The van der Waals surface area contributed by atoms with Crippen LogP contribution in [0.1, 0.15) is 13.3 Å². The number of anilines is 1. The minimum absolute atomic E-state index is 0.0972. The fourth-order valence-electron chi connectivity index (χ4n) is 3.50. The Bertz CT molecular complexity index is 984. The first-order chi connectivity index (χ1) is 14.4. The van der Waals surface area contributed by atoms with Crippen LogP contribution in [0.4, 0.5) is 5.69 Å². The van der Waals surface area contributed by atoms with Crippen LogP contribution in [0.15, 0.2) is 59.8 Å². The highest BCUT2D eigenvalue weighted by Gasteiger charge is 2.33. The number of carbonyl (C=O) groups is 1. The lowest BCUT2D eigenvalue weighted by Crippen LogP contribution is -2.55. The standard InChI is InChI=1S/C21H25N5O3S/c1-18(21(27)26(12-6-10-22)19-7-3-2-4-8-19)24-13-15-25(16-14-24)30(28,29)20-9-5-11-23-17-20/h2-5,7-9,11,17-18H,6,12-16H2,1H3. The summed E-state index contributed by atoms with van der Waals surface area (Å²) in [6.45, 7) is 3.66. The highest BCUT2D eigenvalue weighted by molar-refractivity contribution is 7.89. The third kappa shape index (κ3) is 4.84. The van der Waals surface area contributed by atoms with Crippen LogP contribution in [0.5, 0.6) is 0 Å². The Morgan fingerprint density at radius 3 is 2.47 bits per heavy atom. The number of sulfonamides is 1. The number of nitriles is 1. The van der Waals surface area contributed by atoms with Crippen LogP contribution in [0.25, 0.3) is 0 Å². The van der Waals surface area contributed by atoms with Crippen molar-refractivity contribution >= 4 is 21.6 Å². The highest BCUT2D eigenvalue weighted by atomic mass is 32.2. The summed E-state index contributed by atoms with van der Waals surface area (Å²) in [6.07, 6.45) is 3.13. The molecule has 3 rings (SSSR count). The largest absolute Gasteiger partial charge is 0.310 e. The monoisotopic (exact) mass is 427 g/mol. The zero-order valence-corrected chi connectivity index (χ0v) is 17.7. The van der Waals surface area contributed by atoms with E-state index in [0.717, 1.165) is 5.69 Å². The molecule has 1 amide bonds. The molecule has 1 unspecified atom stereocenters. The minimum Gasteiger partial charge on any atom is -0.310 e. The van der Waals surface area contributed by atoms with E-state index >= 15 is 0 Å². The van der Waals surface area contributed by atoms with Gasteiger partial charge in [-0.3, -0.25) is 14.7 Å². The number of para-hydroxylation sites is 1. The molecule has 8 nitrogen and oxygen atoms in total. The Labute approximate surface area is 177 Å². The molecule has 1 aliphatic heterocycles. The summed E-state index contributed by atoms with van der Waals surface area (Å²) in [7, 11) is -3.59. The first-order valence-corrected chi connectivity index (χ1v) is 11.3. The van der Waals surface area contributed by atoms with Gasteiger partial charge < -0.3 is 4.90 Å². The molecule has 30 heavy (non-hydrogen) atoms. The molecule has 1 fully saturated rings. The normalized spacial score (nSPS) is 16.5. The van der Waals surface area contributed by atoms with Gasteiger partial charge in [-0.25, -0.2) is 8.42 Å². The zero-order valence-electron chi connectivity index (χ0n) is 16.9. The van der Waals surface area contributed by atoms with Crippen molar-refractivity contribution in [1.29, 1.82) is 5.26 Å². The van der Waals surface area contributed by atoms with Crippen molar-refractivity contribution in [3.05, 3.63) is 54.9 Å². The Morgan fingerprint density at radius 1 is 1.17 bits per heavy atom. The van der Waals surface area contributed by atoms with Crippen LogP contribution in [0, 0.1) is 11.3 Å². The van der Waals surface area contributed by atoms with Gasteiger partial charge in [0, 0.05) is 50.8 Å². The van der Waals surface area contributed by atoms with Crippen LogP contribution in [0.2, 0.25) is 0 Å². The summed E-state index contributed by atoms with van der Waals surface area (Å²) in [5.74, 6) is -0.0972. The second-order valence-electron chi connectivity index (χ2n) is 7.04. The van der Waals surface area contributed by atoms with Gasteiger partial charge in [0.1, 0.15) is 4.90 Å². The van der Waals surface area contributed by atoms with Gasteiger partial charge in [0.15, 0.2) is 0 Å². The molecule has 1 aromatic carbocycles. The lowest BCUT2D eigenvalue weighted by atomic mass is 10.2. The van der Waals surface area contributed by atoms with Crippen LogP contribution in [-0.2, 0) is 14.8 Å². The smallest absolute Gasteiger partial charge is 0.244 e. The Kier molecular flexibility index (Phi) is 7.15. The van der Waals surface area contributed by atoms with E-state index in [1.54, 1.807) is 11.0 Å². The van der Waals surface area contributed by atoms with E-state index in [1.807, 2.05) is 42.2 Å². The lowest BCUT2D eigenvalue weighted by Gasteiger charge is -2.38. The SMILES string of the molecule is CC(C(=O)N(CCC#N)c1ccccc1)N1CCN(S(=O)(=O)c2cccnc2)CC1. The molecule has 1 aliphatic rings. The summed E-state index contributed by atoms with van der Waals surface area (Å²) >= 11 is 0. The second-order valence-corrected chi connectivity index (χ2v) is 8.98. The number of carbonyl (C=O) groups excluding carboxylic acids is 1. The summed E-state index contributed by atoms with van der Waals surface area (Å²) in [4.78, 5) is 20.9. The third-order valence-electron chi connectivity index (χ3n) is 5.23. The molecule has 2 aromatic rings. The number of hydrogen-bond acceptors (Lipinski definition) is 6. The van der Waals surface area contributed by atoms with Gasteiger partial charge in [0.25, 0.3) is 0 Å². The summed E-state index contributed by atoms with van der Waals surface area (Å²) in [5.41, 5.74) is 0.752. The maximum atomic E-state index is 13.2. The molecule has 158 valence electrons. The average Bonchev–Trinajstić information content (AvgIpc) is 2.80. The molecule has 0 bridgehead atoms. The molecule has 1 atom stereocenters. The summed E-state index contributed by atoms with van der Waals surface area (Å²) < 4.78 is 27.0. The van der Waals surface area contributed by atoms with Crippen molar-refractivity contribution in [2.24, 2.45) is 0 Å². The first-order valence-electron chi connectivity index (χ1n) is 9.82.